The van der Waals surface area contributed by atoms with Gasteiger partial charge in [0.1, 0.15) is 11.4 Å². The average molecular weight is 402 g/mol. The number of aromatic nitrogens is 2. The highest BCUT2D eigenvalue weighted by molar-refractivity contribution is 6.30. The third-order valence-corrected chi connectivity index (χ3v) is 5.46. The normalized spacial score (nSPS) is 15.8. The van der Waals surface area contributed by atoms with Crippen LogP contribution in [0.25, 0.3) is 0 Å². The summed E-state index contributed by atoms with van der Waals surface area (Å²) in [7, 11) is 0. The van der Waals surface area contributed by atoms with Gasteiger partial charge in [-0.25, -0.2) is 4.98 Å². The van der Waals surface area contributed by atoms with Crippen LogP contribution in [0.2, 0.25) is 5.15 Å². The second kappa shape index (κ2) is 10.4. The fourth-order valence-corrected chi connectivity index (χ4v) is 3.79. The minimum absolute atomic E-state index is 0.0516. The quantitative estimate of drug-likeness (QED) is 0.625. The molecular weight excluding hydrogens is 374 g/mol. The number of unbranched alkanes of at least 4 members (excludes halogenated alkanes) is 1. The molecule has 0 saturated heterocycles. The van der Waals surface area contributed by atoms with Crippen LogP contribution >= 0.6 is 11.6 Å². The van der Waals surface area contributed by atoms with E-state index in [0.29, 0.717) is 17.5 Å². The van der Waals surface area contributed by atoms with Crippen molar-refractivity contribution in [2.45, 2.75) is 57.9 Å². The van der Waals surface area contributed by atoms with Gasteiger partial charge in [-0.15, -0.1) is 0 Å². The summed E-state index contributed by atoms with van der Waals surface area (Å²) in [6, 6.07) is 7.32. The molecule has 2 aromatic rings. The zero-order valence-electron chi connectivity index (χ0n) is 16.4. The number of hydrogen-bond donors (Lipinski definition) is 1. The summed E-state index contributed by atoms with van der Waals surface area (Å²) in [4.78, 5) is 21.5. The third kappa shape index (κ3) is 5.44. The zero-order chi connectivity index (χ0) is 19.8. The Morgan fingerprint density at radius 3 is 2.79 bits per heavy atom. The van der Waals surface area contributed by atoms with E-state index >= 15 is 0 Å². The number of carbonyl (C=O) groups excluding carboxylic acids is 1. The van der Waals surface area contributed by atoms with Crippen molar-refractivity contribution in [3.05, 3.63) is 53.1 Å². The highest BCUT2D eigenvalue weighted by Gasteiger charge is 2.27. The molecule has 1 N–H and O–H groups in total. The molecule has 1 aliphatic rings. The summed E-state index contributed by atoms with van der Waals surface area (Å²) < 4.78 is 5.84. The summed E-state index contributed by atoms with van der Waals surface area (Å²) in [5.41, 5.74) is 1.44. The maximum Gasteiger partial charge on any atom is 0.223 e. The number of benzene rings is 1. The maximum absolute atomic E-state index is 12.9. The fourth-order valence-electron chi connectivity index (χ4n) is 3.58. The van der Waals surface area contributed by atoms with Crippen LogP contribution < -0.4 is 10.1 Å². The van der Waals surface area contributed by atoms with Crippen molar-refractivity contribution >= 4 is 17.5 Å². The van der Waals surface area contributed by atoms with Crippen molar-refractivity contribution in [2.75, 3.05) is 6.61 Å². The Labute approximate surface area is 171 Å². The minimum Gasteiger partial charge on any atom is -0.494 e. The summed E-state index contributed by atoms with van der Waals surface area (Å²) in [6.07, 6.45) is 10.5. The van der Waals surface area contributed by atoms with Crippen molar-refractivity contribution in [1.82, 2.24) is 15.3 Å². The molecule has 1 fully saturated rings. The number of amides is 1. The topological polar surface area (TPSA) is 64.1 Å². The van der Waals surface area contributed by atoms with Crippen molar-refractivity contribution in [1.29, 1.82) is 0 Å². The van der Waals surface area contributed by atoms with Gasteiger partial charge in [0.05, 0.1) is 12.6 Å². The van der Waals surface area contributed by atoms with Gasteiger partial charge in [-0.05, 0) is 37.0 Å². The van der Waals surface area contributed by atoms with Gasteiger partial charge in [-0.3, -0.25) is 9.78 Å². The Kier molecular flexibility index (Phi) is 7.66. The van der Waals surface area contributed by atoms with Crippen molar-refractivity contribution in [3.63, 3.8) is 0 Å². The lowest BCUT2D eigenvalue weighted by molar-refractivity contribution is -0.126. The van der Waals surface area contributed by atoms with Crippen LogP contribution in [-0.2, 0) is 4.79 Å². The number of hydrogen-bond acceptors (Lipinski definition) is 4. The first-order valence-corrected chi connectivity index (χ1v) is 10.6. The largest absolute Gasteiger partial charge is 0.494 e. The molecule has 1 aromatic carbocycles. The molecule has 28 heavy (non-hydrogen) atoms. The lowest BCUT2D eigenvalue weighted by atomic mass is 9.88. The fraction of sp³-hybridized carbons (Fsp3) is 0.500. The van der Waals surface area contributed by atoms with Crippen LogP contribution in [0.15, 0.2) is 36.7 Å². The molecule has 1 aliphatic carbocycles. The van der Waals surface area contributed by atoms with Gasteiger partial charge in [0.25, 0.3) is 0 Å². The molecule has 0 aliphatic heterocycles. The molecule has 0 radical (unpaired) electrons. The van der Waals surface area contributed by atoms with E-state index in [4.69, 9.17) is 16.3 Å². The van der Waals surface area contributed by atoms with Crippen molar-refractivity contribution in [3.8, 4) is 5.75 Å². The molecule has 0 bridgehead atoms. The third-order valence-electron chi connectivity index (χ3n) is 5.17. The number of nitrogens with one attached hydrogen (secondary N) is 1. The first-order valence-electron chi connectivity index (χ1n) is 10.2. The number of carbonyl (C=O) groups is 1. The molecule has 6 heteroatoms. The minimum atomic E-state index is -0.453. The first kappa shape index (κ1) is 20.6. The van der Waals surface area contributed by atoms with E-state index in [0.717, 1.165) is 49.8 Å². The van der Waals surface area contributed by atoms with E-state index in [1.807, 2.05) is 24.3 Å². The Balaban J connectivity index is 1.85. The van der Waals surface area contributed by atoms with Crippen LogP contribution in [0.4, 0.5) is 0 Å². The SMILES string of the molecule is CCCCOc1cccc(C(NC(=O)C2CCCCC2)c2nccnc2Cl)c1. The van der Waals surface area contributed by atoms with E-state index in [1.165, 1.54) is 6.42 Å². The van der Waals surface area contributed by atoms with Gasteiger partial charge in [-0.2, -0.15) is 0 Å². The van der Waals surface area contributed by atoms with Gasteiger partial charge in [-0.1, -0.05) is 56.3 Å². The van der Waals surface area contributed by atoms with Crippen LogP contribution in [0.5, 0.6) is 5.75 Å². The molecule has 3 rings (SSSR count). The lowest BCUT2D eigenvalue weighted by Crippen LogP contribution is -2.36. The maximum atomic E-state index is 12.9. The van der Waals surface area contributed by atoms with Crippen LogP contribution in [0, 0.1) is 5.92 Å². The highest BCUT2D eigenvalue weighted by Crippen LogP contribution is 2.30. The van der Waals surface area contributed by atoms with E-state index in [1.54, 1.807) is 12.4 Å². The molecule has 1 heterocycles. The molecular formula is C22H28ClN3O2. The molecule has 1 saturated carbocycles. The van der Waals surface area contributed by atoms with Crippen molar-refractivity contribution in [2.24, 2.45) is 5.92 Å². The number of halogens is 1. The number of nitrogens with zero attached hydrogens (tertiary/aromatic N) is 2. The Morgan fingerprint density at radius 1 is 1.25 bits per heavy atom. The van der Waals surface area contributed by atoms with Crippen LogP contribution in [0.1, 0.15) is 69.2 Å². The second-order valence-corrected chi connectivity index (χ2v) is 7.64. The van der Waals surface area contributed by atoms with E-state index in [9.17, 15) is 4.79 Å². The smallest absolute Gasteiger partial charge is 0.223 e. The highest BCUT2D eigenvalue weighted by atomic mass is 35.5. The summed E-state index contributed by atoms with van der Waals surface area (Å²) in [5.74, 6) is 0.891. The Hall–Kier alpha value is -2.14. The van der Waals surface area contributed by atoms with Gasteiger partial charge >= 0.3 is 0 Å². The van der Waals surface area contributed by atoms with Gasteiger partial charge in [0.15, 0.2) is 5.15 Å². The summed E-state index contributed by atoms with van der Waals surface area (Å²) in [6.45, 7) is 2.80. The van der Waals surface area contributed by atoms with Gasteiger partial charge < -0.3 is 10.1 Å². The first-order chi connectivity index (χ1) is 13.7. The summed E-state index contributed by atoms with van der Waals surface area (Å²) >= 11 is 6.32. The van der Waals surface area contributed by atoms with Crippen molar-refractivity contribution < 1.29 is 9.53 Å². The second-order valence-electron chi connectivity index (χ2n) is 7.28. The predicted molar refractivity (Wildman–Crippen MR) is 110 cm³/mol. The molecule has 5 nitrogen and oxygen atoms in total. The lowest BCUT2D eigenvalue weighted by Gasteiger charge is -2.25. The Morgan fingerprint density at radius 2 is 2.04 bits per heavy atom. The predicted octanol–water partition coefficient (Wildman–Crippen LogP) is 5.09. The number of ether oxygens (including phenoxy) is 1. The average Bonchev–Trinajstić information content (AvgIpc) is 2.73. The van der Waals surface area contributed by atoms with E-state index in [-0.39, 0.29) is 11.8 Å². The van der Waals surface area contributed by atoms with Crippen LogP contribution in [0.3, 0.4) is 0 Å². The monoisotopic (exact) mass is 401 g/mol. The van der Waals surface area contributed by atoms with Gasteiger partial charge in [0, 0.05) is 18.3 Å². The van der Waals surface area contributed by atoms with Gasteiger partial charge in [0.2, 0.25) is 5.91 Å². The molecule has 1 amide bonds. The summed E-state index contributed by atoms with van der Waals surface area (Å²) in [5, 5.41) is 3.47. The molecule has 1 aromatic heterocycles. The molecule has 150 valence electrons. The van der Waals surface area contributed by atoms with E-state index in [2.05, 4.69) is 22.2 Å². The number of rotatable bonds is 8. The van der Waals surface area contributed by atoms with Crippen LogP contribution in [-0.4, -0.2) is 22.5 Å². The molecule has 1 atom stereocenters. The molecule has 0 spiro atoms. The standard InChI is InChI=1S/C22H28ClN3O2/c1-2-3-14-28-18-11-7-10-17(15-18)19(20-21(23)25-13-12-24-20)26-22(27)16-8-5-4-6-9-16/h7,10-13,15-16,19H,2-6,8-9,14H2,1H3,(H,26,27). The Bertz CT molecular complexity index is 778. The van der Waals surface area contributed by atoms with E-state index < -0.39 is 6.04 Å². The zero-order valence-corrected chi connectivity index (χ0v) is 17.1. The molecule has 1 unspecified atom stereocenters.